The van der Waals surface area contributed by atoms with Gasteiger partial charge in [0.05, 0.1) is 4.91 Å². The van der Waals surface area contributed by atoms with E-state index in [0.717, 1.165) is 72.5 Å². The van der Waals surface area contributed by atoms with Gasteiger partial charge < -0.3 is 15.1 Å². The molecule has 1 aliphatic heterocycles. The molecule has 33 heavy (non-hydrogen) atoms. The highest BCUT2D eigenvalue weighted by Crippen LogP contribution is 2.40. The van der Waals surface area contributed by atoms with E-state index in [1.54, 1.807) is 11.8 Å². The van der Waals surface area contributed by atoms with Gasteiger partial charge in [-0.3, -0.25) is 9.59 Å². The third kappa shape index (κ3) is 8.09. The van der Waals surface area contributed by atoms with E-state index in [2.05, 4.69) is 41.5 Å². The van der Waals surface area contributed by atoms with Crippen LogP contribution >= 0.6 is 11.8 Å². The lowest BCUT2D eigenvalue weighted by atomic mass is 9.78. The first-order chi connectivity index (χ1) is 15.3. The van der Waals surface area contributed by atoms with Gasteiger partial charge in [-0.2, -0.15) is 0 Å². The number of hydrogen-bond acceptors (Lipinski definition) is 4. The van der Waals surface area contributed by atoms with Crippen LogP contribution < -0.4 is 0 Å². The summed E-state index contributed by atoms with van der Waals surface area (Å²) in [6.07, 6.45) is 6.83. The molecule has 0 unspecified atom stereocenters. The van der Waals surface area contributed by atoms with Crippen molar-refractivity contribution in [1.82, 2.24) is 4.90 Å². The number of carbonyl (C=O) groups is 2. The molecular formula is C27H41NO4S. The molecule has 1 aliphatic rings. The monoisotopic (exact) mass is 475 g/mol. The fourth-order valence-electron chi connectivity index (χ4n) is 4.05. The molecule has 2 N–H and O–H groups in total. The maximum absolute atomic E-state index is 13.1. The van der Waals surface area contributed by atoms with E-state index >= 15 is 0 Å². The Hall–Kier alpha value is -1.95. The van der Waals surface area contributed by atoms with E-state index in [4.69, 9.17) is 5.11 Å². The second kappa shape index (κ2) is 11.5. The predicted molar refractivity (Wildman–Crippen MR) is 138 cm³/mol. The number of amides is 1. The van der Waals surface area contributed by atoms with E-state index in [0.29, 0.717) is 5.75 Å². The zero-order valence-electron chi connectivity index (χ0n) is 21.2. The third-order valence-corrected chi connectivity index (χ3v) is 6.97. The summed E-state index contributed by atoms with van der Waals surface area (Å²) in [5.41, 5.74) is 2.33. The summed E-state index contributed by atoms with van der Waals surface area (Å²) in [5, 5.41) is 19.7. The SMILES string of the molecule is CC(C)(C)c1cc(/C=C2/SCCN(CCCCCCCC(=O)O)C2=O)cc(C(C)(C)C)c1O. The minimum absolute atomic E-state index is 0.0832. The smallest absolute Gasteiger partial charge is 0.303 e. The second-order valence-electron chi connectivity index (χ2n) is 11.0. The molecule has 1 saturated heterocycles. The number of hydrogen-bond donors (Lipinski definition) is 2. The van der Waals surface area contributed by atoms with Crippen LogP contribution in [-0.4, -0.2) is 45.8 Å². The number of aliphatic carboxylic acids is 1. The zero-order chi connectivity index (χ0) is 24.8. The molecule has 0 radical (unpaired) electrons. The van der Waals surface area contributed by atoms with Crippen LogP contribution in [0.15, 0.2) is 17.0 Å². The fourth-order valence-corrected chi connectivity index (χ4v) is 5.05. The summed E-state index contributed by atoms with van der Waals surface area (Å²) in [5.74, 6) is 0.583. The highest BCUT2D eigenvalue weighted by atomic mass is 32.2. The molecule has 0 atom stereocenters. The molecule has 184 valence electrons. The average Bonchev–Trinajstić information content (AvgIpc) is 2.69. The first-order valence-electron chi connectivity index (χ1n) is 12.0. The number of aromatic hydroxyl groups is 1. The van der Waals surface area contributed by atoms with Gasteiger partial charge in [-0.05, 0) is 47.4 Å². The Labute approximate surface area is 203 Å². The van der Waals surface area contributed by atoms with Crippen molar-refractivity contribution < 1.29 is 19.8 Å². The van der Waals surface area contributed by atoms with Gasteiger partial charge in [0.2, 0.25) is 0 Å². The van der Waals surface area contributed by atoms with Crippen molar-refractivity contribution in [2.75, 3.05) is 18.8 Å². The number of phenolic OH excluding ortho intramolecular Hbond substituents is 1. The molecule has 0 saturated carbocycles. The molecule has 6 heteroatoms. The lowest BCUT2D eigenvalue weighted by Crippen LogP contribution is -2.37. The van der Waals surface area contributed by atoms with E-state index in [1.807, 2.05) is 23.1 Å². The summed E-state index contributed by atoms with van der Waals surface area (Å²) in [6, 6.07) is 4.03. The molecular weight excluding hydrogens is 434 g/mol. The fraction of sp³-hybridized carbons (Fsp3) is 0.630. The number of benzene rings is 1. The maximum Gasteiger partial charge on any atom is 0.303 e. The van der Waals surface area contributed by atoms with Gasteiger partial charge in [0, 0.05) is 36.4 Å². The summed E-state index contributed by atoms with van der Waals surface area (Å²) >= 11 is 1.61. The first kappa shape index (κ1) is 27.3. The molecule has 1 aromatic rings. The van der Waals surface area contributed by atoms with Gasteiger partial charge in [0.25, 0.3) is 5.91 Å². The highest BCUT2D eigenvalue weighted by molar-refractivity contribution is 8.04. The molecule has 1 fully saturated rings. The molecule has 1 aromatic carbocycles. The summed E-state index contributed by atoms with van der Waals surface area (Å²) < 4.78 is 0. The van der Waals surface area contributed by atoms with Crippen LogP contribution in [0.2, 0.25) is 0 Å². The number of carboxylic acid groups (broad SMARTS) is 1. The van der Waals surface area contributed by atoms with Crippen LogP contribution in [-0.2, 0) is 20.4 Å². The largest absolute Gasteiger partial charge is 0.507 e. The molecule has 0 spiro atoms. The maximum atomic E-state index is 13.1. The number of nitrogens with zero attached hydrogens (tertiary/aromatic N) is 1. The molecule has 2 rings (SSSR count). The molecule has 0 aliphatic carbocycles. The van der Waals surface area contributed by atoms with Crippen LogP contribution in [0.3, 0.4) is 0 Å². The number of carboxylic acids is 1. The third-order valence-electron chi connectivity index (χ3n) is 5.98. The van der Waals surface area contributed by atoms with E-state index in [9.17, 15) is 14.7 Å². The number of phenols is 1. The summed E-state index contributed by atoms with van der Waals surface area (Å²) in [7, 11) is 0. The quantitative estimate of drug-likeness (QED) is 0.322. The van der Waals surface area contributed by atoms with Crippen LogP contribution in [0.25, 0.3) is 6.08 Å². The van der Waals surface area contributed by atoms with Gasteiger partial charge in [-0.15, -0.1) is 11.8 Å². The van der Waals surface area contributed by atoms with Crippen molar-refractivity contribution >= 4 is 29.7 Å². The molecule has 1 heterocycles. The van der Waals surface area contributed by atoms with Crippen molar-refractivity contribution in [1.29, 1.82) is 0 Å². The number of thioether (sulfide) groups is 1. The highest BCUT2D eigenvalue weighted by Gasteiger charge is 2.28. The molecule has 5 nitrogen and oxygen atoms in total. The minimum Gasteiger partial charge on any atom is -0.507 e. The van der Waals surface area contributed by atoms with Gasteiger partial charge in [0.1, 0.15) is 5.75 Å². The van der Waals surface area contributed by atoms with Crippen molar-refractivity contribution in [3.8, 4) is 5.75 Å². The topological polar surface area (TPSA) is 77.8 Å². The Kier molecular flexibility index (Phi) is 9.48. The van der Waals surface area contributed by atoms with Crippen molar-refractivity contribution in [3.05, 3.63) is 33.7 Å². The Morgan fingerprint density at radius 2 is 1.55 bits per heavy atom. The Morgan fingerprint density at radius 1 is 1.00 bits per heavy atom. The minimum atomic E-state index is -0.733. The number of unbranched alkanes of at least 4 members (excludes halogenated alkanes) is 4. The average molecular weight is 476 g/mol. The molecule has 0 bridgehead atoms. The molecule has 1 amide bonds. The van der Waals surface area contributed by atoms with E-state index in [1.165, 1.54) is 0 Å². The van der Waals surface area contributed by atoms with Crippen LogP contribution in [0.5, 0.6) is 5.75 Å². The Bertz CT molecular complexity index is 842. The van der Waals surface area contributed by atoms with Gasteiger partial charge in [0.15, 0.2) is 0 Å². The van der Waals surface area contributed by atoms with E-state index < -0.39 is 5.97 Å². The zero-order valence-corrected chi connectivity index (χ0v) is 22.0. The molecule has 0 aromatic heterocycles. The summed E-state index contributed by atoms with van der Waals surface area (Å²) in [4.78, 5) is 26.4. The predicted octanol–water partition coefficient (Wildman–Crippen LogP) is 6.33. The Balaban J connectivity index is 2.12. The van der Waals surface area contributed by atoms with Crippen molar-refractivity contribution in [2.24, 2.45) is 0 Å². The normalized spacial score (nSPS) is 16.5. The standard InChI is InChI=1S/C27H41NO4S/c1-26(2,3)20-16-19(17-21(24(20)31)27(4,5)6)18-22-25(32)28(14-15-33-22)13-11-9-7-8-10-12-23(29)30/h16-18,31H,7-15H2,1-6H3,(H,29,30)/b22-18+. The first-order valence-corrected chi connectivity index (χ1v) is 13.0. The van der Waals surface area contributed by atoms with E-state index in [-0.39, 0.29) is 23.2 Å². The van der Waals surface area contributed by atoms with Crippen molar-refractivity contribution in [3.63, 3.8) is 0 Å². The van der Waals surface area contributed by atoms with Gasteiger partial charge in [-0.1, -0.05) is 60.8 Å². The van der Waals surface area contributed by atoms with Crippen LogP contribution in [0, 0.1) is 0 Å². The summed E-state index contributed by atoms with van der Waals surface area (Å²) in [6.45, 7) is 14.1. The lowest BCUT2D eigenvalue weighted by molar-refractivity contribution is -0.137. The Morgan fingerprint density at radius 3 is 2.09 bits per heavy atom. The number of rotatable bonds is 9. The van der Waals surface area contributed by atoms with Crippen LogP contribution in [0.4, 0.5) is 0 Å². The van der Waals surface area contributed by atoms with Gasteiger partial charge >= 0.3 is 5.97 Å². The van der Waals surface area contributed by atoms with Crippen molar-refractivity contribution in [2.45, 2.75) is 90.9 Å². The number of carbonyl (C=O) groups excluding carboxylic acids is 1. The second-order valence-corrected chi connectivity index (χ2v) is 12.2. The van der Waals surface area contributed by atoms with Gasteiger partial charge in [-0.25, -0.2) is 0 Å². The van der Waals surface area contributed by atoms with Crippen LogP contribution in [0.1, 0.15) is 96.8 Å². The lowest BCUT2D eigenvalue weighted by Gasteiger charge is -2.29.